The molecule has 1 aromatic carbocycles. The van der Waals surface area contributed by atoms with Gasteiger partial charge in [-0.2, -0.15) is 0 Å². The topological polar surface area (TPSA) is 35.5 Å². The van der Waals surface area contributed by atoms with Gasteiger partial charge < -0.3 is 15.3 Å². The van der Waals surface area contributed by atoms with E-state index in [1.807, 2.05) is 12.1 Å². The molecule has 0 spiro atoms. The number of halogens is 1. The van der Waals surface area contributed by atoms with E-state index in [1.165, 1.54) is 18.4 Å². The van der Waals surface area contributed by atoms with E-state index in [0.717, 1.165) is 24.1 Å². The van der Waals surface area contributed by atoms with Crippen molar-refractivity contribution in [2.45, 2.75) is 19.4 Å². The number of hydrogen-bond acceptors (Lipinski definition) is 3. The fraction of sp³-hybridized carbons (Fsp3) is 0.538. The zero-order valence-corrected chi connectivity index (χ0v) is 12.1. The number of nitrogens with zero attached hydrogens (tertiary/aromatic N) is 1. The molecule has 0 unspecified atom stereocenters. The first kappa shape index (κ1) is 14.5. The Bertz CT molecular complexity index is 342. The SMILES string of the molecule is CN(C)CCCCNCc1ccc(O)c(Br)c1. The molecule has 96 valence electrons. The highest BCUT2D eigenvalue weighted by Crippen LogP contribution is 2.24. The largest absolute Gasteiger partial charge is 0.507 e. The smallest absolute Gasteiger partial charge is 0.129 e. The van der Waals surface area contributed by atoms with Crippen LogP contribution in [-0.4, -0.2) is 37.2 Å². The minimum absolute atomic E-state index is 0.291. The number of phenols is 1. The molecular weight excluding hydrogens is 280 g/mol. The Labute approximate surface area is 112 Å². The number of phenolic OH excluding ortho intramolecular Hbond substituents is 1. The molecule has 0 aliphatic heterocycles. The zero-order valence-electron chi connectivity index (χ0n) is 10.5. The van der Waals surface area contributed by atoms with Gasteiger partial charge >= 0.3 is 0 Å². The number of unbranched alkanes of at least 4 members (excludes halogenated alkanes) is 1. The van der Waals surface area contributed by atoms with Crippen LogP contribution < -0.4 is 5.32 Å². The van der Waals surface area contributed by atoms with Gasteiger partial charge in [0.1, 0.15) is 5.75 Å². The summed E-state index contributed by atoms with van der Waals surface area (Å²) in [6.45, 7) is 3.03. The summed E-state index contributed by atoms with van der Waals surface area (Å²) in [6, 6.07) is 5.60. The summed E-state index contributed by atoms with van der Waals surface area (Å²) in [5.41, 5.74) is 1.18. The van der Waals surface area contributed by atoms with Gasteiger partial charge in [-0.3, -0.25) is 0 Å². The highest BCUT2D eigenvalue weighted by molar-refractivity contribution is 9.10. The molecule has 2 N–H and O–H groups in total. The van der Waals surface area contributed by atoms with E-state index >= 15 is 0 Å². The molecule has 0 amide bonds. The molecule has 3 nitrogen and oxygen atoms in total. The van der Waals surface area contributed by atoms with Gasteiger partial charge in [0.2, 0.25) is 0 Å². The van der Waals surface area contributed by atoms with Crippen LogP contribution in [0.4, 0.5) is 0 Å². The molecule has 0 fully saturated rings. The van der Waals surface area contributed by atoms with Gasteiger partial charge in [0.25, 0.3) is 0 Å². The molecule has 0 saturated carbocycles. The van der Waals surface area contributed by atoms with Crippen LogP contribution in [0.5, 0.6) is 5.75 Å². The number of nitrogens with one attached hydrogen (secondary N) is 1. The molecule has 1 rings (SSSR count). The highest BCUT2D eigenvalue weighted by Gasteiger charge is 1.99. The molecule has 0 bridgehead atoms. The molecular formula is C13H21BrN2O. The van der Waals surface area contributed by atoms with Crippen LogP contribution in [0.2, 0.25) is 0 Å². The van der Waals surface area contributed by atoms with Crippen molar-refractivity contribution in [3.8, 4) is 5.75 Å². The average molecular weight is 301 g/mol. The van der Waals surface area contributed by atoms with Crippen molar-refractivity contribution in [1.29, 1.82) is 0 Å². The molecule has 17 heavy (non-hydrogen) atoms. The first-order valence-corrected chi connectivity index (χ1v) is 6.71. The highest BCUT2D eigenvalue weighted by atomic mass is 79.9. The van der Waals surface area contributed by atoms with E-state index in [9.17, 15) is 5.11 Å². The molecule has 0 atom stereocenters. The van der Waals surface area contributed by atoms with Crippen LogP contribution in [0.25, 0.3) is 0 Å². The van der Waals surface area contributed by atoms with Crippen LogP contribution in [-0.2, 0) is 6.54 Å². The van der Waals surface area contributed by atoms with Crippen molar-refractivity contribution in [1.82, 2.24) is 10.2 Å². The van der Waals surface area contributed by atoms with Crippen molar-refractivity contribution in [3.05, 3.63) is 28.2 Å². The minimum atomic E-state index is 0.291. The van der Waals surface area contributed by atoms with Crippen molar-refractivity contribution in [3.63, 3.8) is 0 Å². The van der Waals surface area contributed by atoms with Crippen LogP contribution in [0.15, 0.2) is 22.7 Å². The quantitative estimate of drug-likeness (QED) is 0.760. The molecule has 0 heterocycles. The first-order valence-electron chi connectivity index (χ1n) is 5.92. The van der Waals surface area contributed by atoms with Gasteiger partial charge in [0.05, 0.1) is 4.47 Å². The van der Waals surface area contributed by atoms with E-state index in [-0.39, 0.29) is 0 Å². The second kappa shape index (κ2) is 7.69. The van der Waals surface area contributed by atoms with E-state index in [4.69, 9.17) is 0 Å². The number of rotatable bonds is 7. The summed E-state index contributed by atoms with van der Waals surface area (Å²) in [5, 5.41) is 12.8. The van der Waals surface area contributed by atoms with E-state index in [0.29, 0.717) is 5.75 Å². The number of benzene rings is 1. The molecule has 0 aliphatic carbocycles. The Morgan fingerprint density at radius 2 is 2.06 bits per heavy atom. The normalized spacial score (nSPS) is 11.1. The Morgan fingerprint density at radius 1 is 1.29 bits per heavy atom. The Morgan fingerprint density at radius 3 is 2.71 bits per heavy atom. The van der Waals surface area contributed by atoms with E-state index < -0.39 is 0 Å². The lowest BCUT2D eigenvalue weighted by Crippen LogP contribution is -2.18. The maximum Gasteiger partial charge on any atom is 0.129 e. The number of hydrogen-bond donors (Lipinski definition) is 2. The lowest BCUT2D eigenvalue weighted by molar-refractivity contribution is 0.391. The van der Waals surface area contributed by atoms with E-state index in [2.05, 4.69) is 40.2 Å². The second-order valence-corrected chi connectivity index (χ2v) is 5.33. The first-order chi connectivity index (χ1) is 8.09. The Balaban J connectivity index is 2.16. The summed E-state index contributed by atoms with van der Waals surface area (Å²) < 4.78 is 0.754. The molecule has 4 heteroatoms. The molecule has 0 saturated heterocycles. The lowest BCUT2D eigenvalue weighted by atomic mass is 10.2. The van der Waals surface area contributed by atoms with Crippen molar-refractivity contribution < 1.29 is 5.11 Å². The third kappa shape index (κ3) is 6.05. The predicted octanol–water partition coefficient (Wildman–Crippen LogP) is 2.59. The monoisotopic (exact) mass is 300 g/mol. The van der Waals surface area contributed by atoms with Crippen molar-refractivity contribution >= 4 is 15.9 Å². The summed E-state index contributed by atoms with van der Waals surface area (Å²) in [6.07, 6.45) is 2.41. The van der Waals surface area contributed by atoms with Gasteiger partial charge in [-0.15, -0.1) is 0 Å². The van der Waals surface area contributed by atoms with Gasteiger partial charge in [0.15, 0.2) is 0 Å². The van der Waals surface area contributed by atoms with Gasteiger partial charge in [0, 0.05) is 6.54 Å². The molecule has 1 aromatic rings. The predicted molar refractivity (Wildman–Crippen MR) is 75.3 cm³/mol. The third-order valence-electron chi connectivity index (χ3n) is 2.55. The van der Waals surface area contributed by atoms with E-state index in [1.54, 1.807) is 6.07 Å². The fourth-order valence-corrected chi connectivity index (χ4v) is 2.00. The average Bonchev–Trinajstić information content (AvgIpc) is 2.27. The summed E-state index contributed by atoms with van der Waals surface area (Å²) in [7, 11) is 4.20. The van der Waals surface area contributed by atoms with Crippen LogP contribution in [0.1, 0.15) is 18.4 Å². The summed E-state index contributed by atoms with van der Waals surface area (Å²) >= 11 is 3.31. The van der Waals surface area contributed by atoms with Crippen LogP contribution in [0, 0.1) is 0 Å². The third-order valence-corrected chi connectivity index (χ3v) is 3.19. The van der Waals surface area contributed by atoms with Crippen molar-refractivity contribution in [2.24, 2.45) is 0 Å². The van der Waals surface area contributed by atoms with Gasteiger partial charge in [-0.05, 0) is 73.7 Å². The lowest BCUT2D eigenvalue weighted by Gasteiger charge is -2.09. The van der Waals surface area contributed by atoms with Crippen molar-refractivity contribution in [2.75, 3.05) is 27.2 Å². The summed E-state index contributed by atoms with van der Waals surface area (Å²) in [5.74, 6) is 0.291. The van der Waals surface area contributed by atoms with Gasteiger partial charge in [-0.1, -0.05) is 6.07 Å². The number of aromatic hydroxyl groups is 1. The maximum atomic E-state index is 9.37. The maximum absolute atomic E-state index is 9.37. The zero-order chi connectivity index (χ0) is 12.7. The minimum Gasteiger partial charge on any atom is -0.507 e. The van der Waals surface area contributed by atoms with Gasteiger partial charge in [-0.25, -0.2) is 0 Å². The molecule has 0 aromatic heterocycles. The second-order valence-electron chi connectivity index (χ2n) is 4.47. The fourth-order valence-electron chi connectivity index (χ4n) is 1.57. The molecule has 0 aliphatic rings. The Hall–Kier alpha value is -0.580. The molecule has 0 radical (unpaired) electrons. The van der Waals surface area contributed by atoms with Crippen LogP contribution >= 0.6 is 15.9 Å². The summed E-state index contributed by atoms with van der Waals surface area (Å²) in [4.78, 5) is 2.21. The Kier molecular flexibility index (Phi) is 6.55. The van der Waals surface area contributed by atoms with Crippen LogP contribution in [0.3, 0.4) is 0 Å². The standard InChI is InChI=1S/C13H21BrN2O/c1-16(2)8-4-3-7-15-10-11-5-6-13(17)12(14)9-11/h5-6,9,15,17H,3-4,7-8,10H2,1-2H3.